The van der Waals surface area contributed by atoms with Gasteiger partial charge in [0.15, 0.2) is 0 Å². The van der Waals surface area contributed by atoms with Crippen LogP contribution in [-0.4, -0.2) is 20.0 Å². The van der Waals surface area contributed by atoms with E-state index in [0.717, 1.165) is 28.2 Å². The Bertz CT molecular complexity index is 538. The molecule has 0 saturated heterocycles. The van der Waals surface area contributed by atoms with Gasteiger partial charge in [-0.1, -0.05) is 11.8 Å². The number of hydrogen-bond acceptors (Lipinski definition) is 6. The molecular formula is C10H14BrN5OS. The summed E-state index contributed by atoms with van der Waals surface area (Å²) >= 11 is 5.03. The van der Waals surface area contributed by atoms with Crippen LogP contribution in [0.1, 0.15) is 24.2 Å². The third kappa shape index (κ3) is 2.76. The van der Waals surface area contributed by atoms with Crippen molar-refractivity contribution in [2.75, 3.05) is 0 Å². The van der Waals surface area contributed by atoms with Crippen molar-refractivity contribution in [1.29, 1.82) is 0 Å². The lowest BCUT2D eigenvalue weighted by molar-refractivity contribution is 0.414. The van der Waals surface area contributed by atoms with Crippen LogP contribution in [-0.2, 0) is 18.8 Å². The molecule has 0 radical (unpaired) electrons. The minimum absolute atomic E-state index is 0.267. The van der Waals surface area contributed by atoms with Crippen LogP contribution in [0.15, 0.2) is 14.1 Å². The van der Waals surface area contributed by atoms with Crippen LogP contribution >= 0.6 is 27.7 Å². The minimum Gasteiger partial charge on any atom is -0.415 e. The van der Waals surface area contributed by atoms with E-state index in [2.05, 4.69) is 38.1 Å². The number of thioether (sulfide) groups is 1. The van der Waals surface area contributed by atoms with Crippen LogP contribution in [0.2, 0.25) is 0 Å². The molecule has 2 rings (SSSR count). The van der Waals surface area contributed by atoms with Crippen molar-refractivity contribution in [2.24, 2.45) is 5.73 Å². The van der Waals surface area contributed by atoms with E-state index in [0.29, 0.717) is 11.1 Å². The third-order valence-electron chi connectivity index (χ3n) is 2.41. The van der Waals surface area contributed by atoms with Crippen molar-refractivity contribution in [2.45, 2.75) is 37.9 Å². The highest BCUT2D eigenvalue weighted by atomic mass is 79.9. The quantitative estimate of drug-likeness (QED) is 0.845. The zero-order chi connectivity index (χ0) is 13.1. The summed E-state index contributed by atoms with van der Waals surface area (Å²) in [4.78, 5) is 0. The molecule has 0 unspecified atom stereocenters. The zero-order valence-electron chi connectivity index (χ0n) is 10.2. The van der Waals surface area contributed by atoms with Gasteiger partial charge in [0.25, 0.3) is 5.22 Å². The fourth-order valence-corrected chi connectivity index (χ4v) is 2.93. The fraction of sp³-hybridized carbons (Fsp3) is 0.500. The van der Waals surface area contributed by atoms with Gasteiger partial charge in [-0.25, -0.2) is 0 Å². The van der Waals surface area contributed by atoms with E-state index in [-0.39, 0.29) is 6.54 Å². The first-order chi connectivity index (χ1) is 8.65. The van der Waals surface area contributed by atoms with Crippen molar-refractivity contribution in [1.82, 2.24) is 20.0 Å². The molecule has 2 heterocycles. The van der Waals surface area contributed by atoms with Crippen molar-refractivity contribution in [3.63, 3.8) is 0 Å². The predicted octanol–water partition coefficient (Wildman–Crippen LogP) is 2.11. The van der Waals surface area contributed by atoms with Crippen molar-refractivity contribution >= 4 is 27.7 Å². The summed E-state index contributed by atoms with van der Waals surface area (Å²) in [6.45, 7) is 5.14. The molecule has 0 saturated carbocycles. The third-order valence-corrected chi connectivity index (χ3v) is 4.27. The Kier molecular flexibility index (Phi) is 4.41. The largest absolute Gasteiger partial charge is 0.415 e. The van der Waals surface area contributed by atoms with E-state index < -0.39 is 0 Å². The summed E-state index contributed by atoms with van der Waals surface area (Å²) in [5.41, 5.74) is 7.52. The summed E-state index contributed by atoms with van der Waals surface area (Å²) in [6.07, 6.45) is 0. The number of nitrogens with two attached hydrogens (primary N) is 1. The number of rotatable bonds is 5. The standard InChI is InChI=1S/C10H14BrN5OS/c1-3-16-7(9(11)6(2)15-16)5-18-10-14-13-8(4-12)17-10/h3-5,12H2,1-2H3. The molecule has 0 aliphatic heterocycles. The van der Waals surface area contributed by atoms with Gasteiger partial charge >= 0.3 is 0 Å². The lowest BCUT2D eigenvalue weighted by Crippen LogP contribution is -2.01. The van der Waals surface area contributed by atoms with Gasteiger partial charge < -0.3 is 10.2 Å². The molecule has 6 nitrogen and oxygen atoms in total. The van der Waals surface area contributed by atoms with E-state index in [4.69, 9.17) is 10.2 Å². The van der Waals surface area contributed by atoms with Gasteiger partial charge in [0.05, 0.1) is 22.4 Å². The topological polar surface area (TPSA) is 82.8 Å². The van der Waals surface area contributed by atoms with Crippen LogP contribution in [0.25, 0.3) is 0 Å². The van der Waals surface area contributed by atoms with E-state index in [1.54, 1.807) is 0 Å². The Balaban J connectivity index is 2.10. The Labute approximate surface area is 117 Å². The van der Waals surface area contributed by atoms with Gasteiger partial charge in [0.2, 0.25) is 5.89 Å². The maximum atomic E-state index is 5.42. The van der Waals surface area contributed by atoms with Gasteiger partial charge in [-0.3, -0.25) is 4.68 Å². The lowest BCUT2D eigenvalue weighted by atomic mass is 10.4. The highest BCUT2D eigenvalue weighted by molar-refractivity contribution is 9.10. The van der Waals surface area contributed by atoms with Crippen LogP contribution in [0.3, 0.4) is 0 Å². The first-order valence-electron chi connectivity index (χ1n) is 5.52. The van der Waals surface area contributed by atoms with Crippen LogP contribution in [0, 0.1) is 6.92 Å². The molecule has 0 aromatic carbocycles. The number of halogens is 1. The number of hydrogen-bond donors (Lipinski definition) is 1. The van der Waals surface area contributed by atoms with Crippen LogP contribution in [0.4, 0.5) is 0 Å². The van der Waals surface area contributed by atoms with Crippen molar-refractivity contribution in [3.05, 3.63) is 21.8 Å². The molecule has 0 atom stereocenters. The van der Waals surface area contributed by atoms with E-state index in [1.165, 1.54) is 11.8 Å². The van der Waals surface area contributed by atoms with Crippen LogP contribution in [0.5, 0.6) is 0 Å². The molecule has 18 heavy (non-hydrogen) atoms. The van der Waals surface area contributed by atoms with Crippen LogP contribution < -0.4 is 5.73 Å². The average molecular weight is 332 g/mol. The summed E-state index contributed by atoms with van der Waals surface area (Å²) < 4.78 is 8.35. The van der Waals surface area contributed by atoms with E-state index in [9.17, 15) is 0 Å². The van der Waals surface area contributed by atoms with E-state index in [1.807, 2.05) is 11.6 Å². The molecule has 98 valence electrons. The average Bonchev–Trinajstić information content (AvgIpc) is 2.94. The summed E-state index contributed by atoms with van der Waals surface area (Å²) in [6, 6.07) is 0. The minimum atomic E-state index is 0.267. The second-order valence-electron chi connectivity index (χ2n) is 3.62. The summed E-state index contributed by atoms with van der Waals surface area (Å²) in [5.74, 6) is 1.18. The molecular weight excluding hydrogens is 318 g/mol. The van der Waals surface area contributed by atoms with Gasteiger partial charge in [-0.15, -0.1) is 10.2 Å². The first kappa shape index (κ1) is 13.6. The molecule has 8 heteroatoms. The normalized spacial score (nSPS) is 11.1. The fourth-order valence-electron chi connectivity index (χ4n) is 1.52. The monoisotopic (exact) mass is 331 g/mol. The molecule has 0 amide bonds. The van der Waals surface area contributed by atoms with Crippen molar-refractivity contribution in [3.8, 4) is 0 Å². The number of nitrogens with zero attached hydrogens (tertiary/aromatic N) is 4. The highest BCUT2D eigenvalue weighted by Gasteiger charge is 2.14. The smallest absolute Gasteiger partial charge is 0.277 e. The highest BCUT2D eigenvalue weighted by Crippen LogP contribution is 2.28. The molecule has 0 aliphatic rings. The lowest BCUT2D eigenvalue weighted by Gasteiger charge is -2.02. The molecule has 0 fully saturated rings. The molecule has 2 N–H and O–H groups in total. The van der Waals surface area contributed by atoms with E-state index >= 15 is 0 Å². The first-order valence-corrected chi connectivity index (χ1v) is 7.30. The summed E-state index contributed by atoms with van der Waals surface area (Å²) in [5, 5.41) is 12.7. The maximum Gasteiger partial charge on any atom is 0.277 e. The molecule has 2 aromatic rings. The zero-order valence-corrected chi connectivity index (χ0v) is 12.6. The Morgan fingerprint density at radius 2 is 2.22 bits per heavy atom. The Morgan fingerprint density at radius 3 is 2.83 bits per heavy atom. The molecule has 0 bridgehead atoms. The van der Waals surface area contributed by atoms with Gasteiger partial charge in [-0.05, 0) is 29.8 Å². The molecule has 2 aromatic heterocycles. The van der Waals surface area contributed by atoms with Crippen molar-refractivity contribution < 1.29 is 4.42 Å². The van der Waals surface area contributed by atoms with Gasteiger partial charge in [0.1, 0.15) is 0 Å². The Morgan fingerprint density at radius 1 is 1.44 bits per heavy atom. The predicted molar refractivity (Wildman–Crippen MR) is 72.1 cm³/mol. The maximum absolute atomic E-state index is 5.42. The SMILES string of the molecule is CCn1nc(C)c(Br)c1CSc1nnc(CN)o1. The number of aromatic nitrogens is 4. The number of aryl methyl sites for hydroxylation is 2. The summed E-state index contributed by atoms with van der Waals surface area (Å²) in [7, 11) is 0. The molecule has 0 spiro atoms. The Hall–Kier alpha value is -0.860. The van der Waals surface area contributed by atoms with Gasteiger partial charge in [0, 0.05) is 12.3 Å². The van der Waals surface area contributed by atoms with Gasteiger partial charge in [-0.2, -0.15) is 5.10 Å². The second kappa shape index (κ2) is 5.85. The second-order valence-corrected chi connectivity index (χ2v) is 5.34. The molecule has 0 aliphatic carbocycles.